The molecule has 0 aliphatic rings. The molecule has 140 valence electrons. The number of hydrogen-bond acceptors (Lipinski definition) is 5. The molecule has 7 nitrogen and oxygen atoms in total. The second-order valence-electron chi connectivity index (χ2n) is 5.71. The van der Waals surface area contributed by atoms with Crippen LogP contribution in [0.1, 0.15) is 13.8 Å². The largest absolute Gasteiger partial charge is 0.479 e. The maximum atomic E-state index is 12.3. The summed E-state index contributed by atoms with van der Waals surface area (Å²) < 4.78 is 11.1. The van der Waals surface area contributed by atoms with E-state index in [1.54, 1.807) is 37.3 Å². The molecule has 1 heterocycles. The topological polar surface area (TPSA) is 93.5 Å². The lowest BCUT2D eigenvalue weighted by atomic mass is 10.3. The van der Waals surface area contributed by atoms with Crippen LogP contribution in [0.4, 0.5) is 11.7 Å². The van der Waals surface area contributed by atoms with E-state index in [-0.39, 0.29) is 11.9 Å². The van der Waals surface area contributed by atoms with Gasteiger partial charge in [-0.3, -0.25) is 14.9 Å². The highest BCUT2D eigenvalue weighted by Gasteiger charge is 2.19. The Morgan fingerprint density at radius 2 is 1.93 bits per heavy atom. The maximum Gasteiger partial charge on any atom is 0.302 e. The van der Waals surface area contributed by atoms with Crippen molar-refractivity contribution in [1.29, 1.82) is 0 Å². The summed E-state index contributed by atoms with van der Waals surface area (Å²) in [6, 6.07) is 9.72. The molecule has 3 rings (SSSR count). The molecule has 2 aromatic carbocycles. The van der Waals surface area contributed by atoms with Crippen molar-refractivity contribution in [3.8, 4) is 5.75 Å². The van der Waals surface area contributed by atoms with Crippen molar-refractivity contribution in [2.45, 2.75) is 20.0 Å². The molecule has 3 aromatic rings. The Kier molecular flexibility index (Phi) is 5.53. The number of carbonyl (C=O) groups is 2. The fourth-order valence-corrected chi connectivity index (χ4v) is 2.73. The highest BCUT2D eigenvalue weighted by atomic mass is 35.5. The van der Waals surface area contributed by atoms with Crippen molar-refractivity contribution in [2.24, 2.45) is 0 Å². The number of carbonyl (C=O) groups excluding carboxylic acids is 2. The molecule has 1 atom stereocenters. The Morgan fingerprint density at radius 3 is 2.63 bits per heavy atom. The number of oxazole rings is 1. The van der Waals surface area contributed by atoms with E-state index in [2.05, 4.69) is 15.6 Å². The average molecular weight is 408 g/mol. The lowest BCUT2D eigenvalue weighted by Gasteiger charge is -2.14. The molecule has 0 spiro atoms. The molecule has 0 saturated heterocycles. The molecule has 1 aromatic heterocycles. The van der Waals surface area contributed by atoms with Gasteiger partial charge in [-0.25, -0.2) is 0 Å². The molecular weight excluding hydrogens is 393 g/mol. The van der Waals surface area contributed by atoms with E-state index >= 15 is 0 Å². The Bertz CT molecular complexity index is 1020. The summed E-state index contributed by atoms with van der Waals surface area (Å²) in [4.78, 5) is 27.6. The first-order chi connectivity index (χ1) is 12.8. The summed E-state index contributed by atoms with van der Waals surface area (Å²) in [6.07, 6.45) is -0.853. The van der Waals surface area contributed by atoms with Crippen molar-refractivity contribution in [2.75, 3.05) is 10.6 Å². The normalized spacial score (nSPS) is 11.9. The van der Waals surface area contributed by atoms with Gasteiger partial charge >= 0.3 is 6.01 Å². The molecule has 0 radical (unpaired) electrons. The van der Waals surface area contributed by atoms with E-state index in [0.29, 0.717) is 32.6 Å². The van der Waals surface area contributed by atoms with Crippen molar-refractivity contribution in [1.82, 2.24) is 4.98 Å². The van der Waals surface area contributed by atoms with E-state index in [9.17, 15) is 9.59 Å². The van der Waals surface area contributed by atoms with Crippen LogP contribution in [-0.2, 0) is 9.59 Å². The van der Waals surface area contributed by atoms with Crippen LogP contribution in [0.15, 0.2) is 40.8 Å². The fourth-order valence-electron chi connectivity index (χ4n) is 2.28. The van der Waals surface area contributed by atoms with Gasteiger partial charge in [0.25, 0.3) is 5.91 Å². The van der Waals surface area contributed by atoms with Crippen molar-refractivity contribution >= 4 is 57.8 Å². The smallest absolute Gasteiger partial charge is 0.302 e. The third-order valence-electron chi connectivity index (χ3n) is 3.51. The van der Waals surface area contributed by atoms with Crippen molar-refractivity contribution < 1.29 is 18.7 Å². The summed E-state index contributed by atoms with van der Waals surface area (Å²) in [6.45, 7) is 2.97. The Morgan fingerprint density at radius 1 is 1.15 bits per heavy atom. The lowest BCUT2D eigenvalue weighted by Crippen LogP contribution is -2.30. The van der Waals surface area contributed by atoms with Gasteiger partial charge in [-0.05, 0) is 37.3 Å². The first-order valence-electron chi connectivity index (χ1n) is 7.92. The third-order valence-corrected chi connectivity index (χ3v) is 4.04. The van der Waals surface area contributed by atoms with Gasteiger partial charge in [-0.1, -0.05) is 23.2 Å². The van der Waals surface area contributed by atoms with Crippen molar-refractivity contribution in [3.05, 3.63) is 46.4 Å². The van der Waals surface area contributed by atoms with Crippen LogP contribution in [0, 0.1) is 0 Å². The number of aromatic nitrogens is 1. The number of benzene rings is 2. The van der Waals surface area contributed by atoms with E-state index in [0.717, 1.165) is 0 Å². The van der Waals surface area contributed by atoms with Crippen LogP contribution in [-0.4, -0.2) is 22.9 Å². The van der Waals surface area contributed by atoms with Crippen LogP contribution >= 0.6 is 23.2 Å². The zero-order valence-electron chi connectivity index (χ0n) is 14.4. The number of anilines is 2. The van der Waals surface area contributed by atoms with E-state index in [4.69, 9.17) is 32.4 Å². The molecule has 0 aliphatic carbocycles. The number of nitrogens with one attached hydrogen (secondary N) is 2. The number of ether oxygens (including phenoxy) is 1. The number of halogens is 2. The van der Waals surface area contributed by atoms with Gasteiger partial charge in [0.05, 0.1) is 5.02 Å². The van der Waals surface area contributed by atoms with E-state index in [1.165, 1.54) is 13.0 Å². The van der Waals surface area contributed by atoms with E-state index < -0.39 is 12.0 Å². The van der Waals surface area contributed by atoms with Crippen LogP contribution < -0.4 is 15.4 Å². The lowest BCUT2D eigenvalue weighted by molar-refractivity contribution is -0.122. The standard InChI is InChI=1S/C18H15Cl2N3O4/c1-9(26-15-6-3-11(19)7-13(15)20)17(25)23-18-22-14-5-4-12(21-10(2)24)8-16(14)27-18/h3-9H,1-2H3,(H,21,24)(H,22,23,25)/t9-/m1/s1. The molecule has 0 saturated carbocycles. The van der Waals surface area contributed by atoms with Gasteiger partial charge in [-0.2, -0.15) is 4.98 Å². The molecule has 2 N–H and O–H groups in total. The molecular formula is C18H15Cl2N3O4. The maximum absolute atomic E-state index is 12.3. The fraction of sp³-hybridized carbons (Fsp3) is 0.167. The van der Waals surface area contributed by atoms with Gasteiger partial charge in [0, 0.05) is 23.7 Å². The van der Waals surface area contributed by atoms with Crippen LogP contribution in [0.3, 0.4) is 0 Å². The van der Waals surface area contributed by atoms with Gasteiger partial charge in [-0.15, -0.1) is 0 Å². The summed E-state index contributed by atoms with van der Waals surface area (Å²) in [5.41, 5.74) is 1.53. The van der Waals surface area contributed by atoms with Crippen LogP contribution in [0.25, 0.3) is 11.1 Å². The molecule has 0 fully saturated rings. The predicted molar refractivity (Wildman–Crippen MR) is 103 cm³/mol. The third kappa shape index (κ3) is 4.69. The zero-order chi connectivity index (χ0) is 19.6. The first-order valence-corrected chi connectivity index (χ1v) is 8.68. The van der Waals surface area contributed by atoms with Crippen molar-refractivity contribution in [3.63, 3.8) is 0 Å². The number of nitrogens with zero attached hydrogens (tertiary/aromatic N) is 1. The molecule has 9 heteroatoms. The molecule has 0 aliphatic heterocycles. The van der Waals surface area contributed by atoms with Crippen LogP contribution in [0.5, 0.6) is 5.75 Å². The first kappa shape index (κ1) is 19.0. The van der Waals surface area contributed by atoms with Crippen LogP contribution in [0.2, 0.25) is 10.0 Å². The molecule has 27 heavy (non-hydrogen) atoms. The highest BCUT2D eigenvalue weighted by molar-refractivity contribution is 6.35. The molecule has 2 amide bonds. The zero-order valence-corrected chi connectivity index (χ0v) is 15.9. The monoisotopic (exact) mass is 407 g/mol. The number of amides is 2. The van der Waals surface area contributed by atoms with E-state index in [1.807, 2.05) is 0 Å². The summed E-state index contributed by atoms with van der Waals surface area (Å²) >= 11 is 11.9. The SMILES string of the molecule is CC(=O)Nc1ccc2nc(NC(=O)[C@@H](C)Oc3ccc(Cl)cc3Cl)oc2c1. The number of fused-ring (bicyclic) bond motifs is 1. The Labute approximate surface area is 164 Å². The second-order valence-corrected chi connectivity index (χ2v) is 6.55. The highest BCUT2D eigenvalue weighted by Crippen LogP contribution is 2.28. The second kappa shape index (κ2) is 7.85. The van der Waals surface area contributed by atoms with Gasteiger partial charge in [0.1, 0.15) is 11.3 Å². The molecule has 0 unspecified atom stereocenters. The number of rotatable bonds is 5. The summed E-state index contributed by atoms with van der Waals surface area (Å²) in [5.74, 6) is -0.329. The number of hydrogen-bond donors (Lipinski definition) is 2. The predicted octanol–water partition coefficient (Wildman–Crippen LogP) is 4.50. The minimum Gasteiger partial charge on any atom is -0.479 e. The minimum absolute atomic E-state index is 0.0210. The van der Waals surface area contributed by atoms with Gasteiger partial charge < -0.3 is 14.5 Å². The molecule has 0 bridgehead atoms. The summed E-state index contributed by atoms with van der Waals surface area (Å²) in [5, 5.41) is 5.96. The summed E-state index contributed by atoms with van der Waals surface area (Å²) in [7, 11) is 0. The Balaban J connectivity index is 1.70. The Hall–Kier alpha value is -2.77. The quantitative estimate of drug-likeness (QED) is 0.649. The van der Waals surface area contributed by atoms with Gasteiger partial charge in [0.15, 0.2) is 11.7 Å². The average Bonchev–Trinajstić information content (AvgIpc) is 2.98. The van der Waals surface area contributed by atoms with Gasteiger partial charge in [0.2, 0.25) is 5.91 Å². The minimum atomic E-state index is -0.853.